The zero-order valence-corrected chi connectivity index (χ0v) is 15.1. The van der Waals surface area contributed by atoms with Crippen LogP contribution < -0.4 is 5.32 Å². The minimum atomic E-state index is -0.526. The Labute approximate surface area is 162 Å². The van der Waals surface area contributed by atoms with Gasteiger partial charge in [-0.3, -0.25) is 9.80 Å². The van der Waals surface area contributed by atoms with Gasteiger partial charge in [0.25, 0.3) is 5.91 Å². The molecule has 0 unspecified atom stereocenters. The number of fused-ring (bicyclic) bond motifs is 1. The van der Waals surface area contributed by atoms with Gasteiger partial charge in [0.2, 0.25) is 0 Å². The van der Waals surface area contributed by atoms with E-state index in [1.54, 1.807) is 12.1 Å². The van der Waals surface area contributed by atoms with E-state index in [0.29, 0.717) is 6.42 Å². The van der Waals surface area contributed by atoms with Crippen LogP contribution >= 0.6 is 0 Å². The van der Waals surface area contributed by atoms with Crippen LogP contribution in [0.2, 0.25) is 0 Å². The van der Waals surface area contributed by atoms with Gasteiger partial charge in [0, 0.05) is 23.2 Å². The van der Waals surface area contributed by atoms with E-state index >= 15 is 0 Å². The predicted molar refractivity (Wildman–Crippen MR) is 108 cm³/mol. The zero-order valence-electron chi connectivity index (χ0n) is 15.1. The minimum Gasteiger partial charge on any atom is -0.508 e. The summed E-state index contributed by atoms with van der Waals surface area (Å²) in [6, 6.07) is 24.2. The third kappa shape index (κ3) is 2.63. The maximum Gasteiger partial charge on any atom is 0.253 e. The molecule has 0 saturated carbocycles. The maximum absolute atomic E-state index is 12.8. The summed E-state index contributed by atoms with van der Waals surface area (Å²) >= 11 is 0. The molecule has 1 amide bonds. The summed E-state index contributed by atoms with van der Waals surface area (Å²) in [6.07, 6.45) is 0.619. The third-order valence-corrected chi connectivity index (χ3v) is 5.37. The van der Waals surface area contributed by atoms with Crippen molar-refractivity contribution in [3.8, 4) is 5.75 Å². The molecule has 138 valence electrons. The number of amides is 1. The molecule has 2 aliphatic rings. The van der Waals surface area contributed by atoms with Gasteiger partial charge >= 0.3 is 0 Å². The number of phenolic OH excluding ortho intramolecular Hbond substituents is 1. The summed E-state index contributed by atoms with van der Waals surface area (Å²) in [5, 5.41) is 20.1. The number of nitrogens with zero attached hydrogens (tertiary/aromatic N) is 2. The number of phenols is 1. The van der Waals surface area contributed by atoms with Crippen molar-refractivity contribution in [2.45, 2.75) is 18.5 Å². The molecular formula is C23H19N3O2. The van der Waals surface area contributed by atoms with Gasteiger partial charge in [0.05, 0.1) is 11.8 Å². The van der Waals surface area contributed by atoms with Gasteiger partial charge in [0.1, 0.15) is 5.75 Å². The van der Waals surface area contributed by atoms with Gasteiger partial charge in [-0.1, -0.05) is 66.7 Å². The number of aromatic hydroxyl groups is 1. The van der Waals surface area contributed by atoms with Crippen LogP contribution in [0.4, 0.5) is 5.69 Å². The van der Waals surface area contributed by atoms with E-state index in [4.69, 9.17) is 5.10 Å². The third-order valence-electron chi connectivity index (χ3n) is 5.37. The summed E-state index contributed by atoms with van der Waals surface area (Å²) in [5.41, 5.74) is 4.43. The minimum absolute atomic E-state index is 0.0975. The molecule has 5 nitrogen and oxygen atoms in total. The monoisotopic (exact) mass is 369 g/mol. The van der Waals surface area contributed by atoms with E-state index in [-0.39, 0.29) is 17.7 Å². The van der Waals surface area contributed by atoms with Crippen LogP contribution in [0.25, 0.3) is 0 Å². The fourth-order valence-electron chi connectivity index (χ4n) is 4.05. The highest BCUT2D eigenvalue weighted by atomic mass is 16.3. The van der Waals surface area contributed by atoms with Crippen LogP contribution in [0.5, 0.6) is 5.75 Å². The Kier molecular flexibility index (Phi) is 3.86. The molecule has 0 saturated heterocycles. The highest BCUT2D eigenvalue weighted by molar-refractivity contribution is 6.04. The smallest absolute Gasteiger partial charge is 0.253 e. The molecule has 3 aromatic rings. The highest BCUT2D eigenvalue weighted by Gasteiger charge is 2.42. The first-order valence-electron chi connectivity index (χ1n) is 9.31. The Morgan fingerprint density at radius 3 is 2.36 bits per heavy atom. The molecule has 0 spiro atoms. The normalized spacial score (nSPS) is 20.6. The van der Waals surface area contributed by atoms with Crippen LogP contribution in [-0.4, -0.2) is 21.7 Å². The van der Waals surface area contributed by atoms with Crippen molar-refractivity contribution >= 4 is 17.3 Å². The van der Waals surface area contributed by atoms with Crippen molar-refractivity contribution < 1.29 is 9.90 Å². The second-order valence-corrected chi connectivity index (χ2v) is 7.05. The van der Waals surface area contributed by atoms with E-state index < -0.39 is 6.04 Å². The van der Waals surface area contributed by atoms with Crippen molar-refractivity contribution in [3.63, 3.8) is 0 Å². The molecule has 5 rings (SSSR count). The molecule has 0 radical (unpaired) electrons. The summed E-state index contributed by atoms with van der Waals surface area (Å²) in [4.78, 5) is 12.8. The van der Waals surface area contributed by atoms with Gasteiger partial charge in [-0.25, -0.2) is 0 Å². The van der Waals surface area contributed by atoms with Crippen molar-refractivity contribution in [2.24, 2.45) is 5.10 Å². The quantitative estimate of drug-likeness (QED) is 0.726. The number of anilines is 1. The number of rotatable bonds is 3. The highest BCUT2D eigenvalue weighted by Crippen LogP contribution is 2.45. The van der Waals surface area contributed by atoms with E-state index in [2.05, 4.69) is 5.32 Å². The fraction of sp³-hybridized carbons (Fsp3) is 0.130. The number of nitrogens with one attached hydrogen (secondary N) is 1. The van der Waals surface area contributed by atoms with Gasteiger partial charge in [-0.15, -0.1) is 0 Å². The number of para-hydroxylation sites is 2. The number of benzene rings is 3. The number of carbonyl (C=O) groups excluding carboxylic acids is 1. The van der Waals surface area contributed by atoms with E-state index in [9.17, 15) is 9.90 Å². The predicted octanol–water partition coefficient (Wildman–Crippen LogP) is 4.24. The Morgan fingerprint density at radius 1 is 0.893 bits per heavy atom. The van der Waals surface area contributed by atoms with Crippen molar-refractivity contribution in [2.75, 3.05) is 5.32 Å². The lowest BCUT2D eigenvalue weighted by molar-refractivity contribution is -0.121. The largest absolute Gasteiger partial charge is 0.508 e. The van der Waals surface area contributed by atoms with Crippen LogP contribution in [0.1, 0.15) is 35.2 Å². The fourth-order valence-corrected chi connectivity index (χ4v) is 4.05. The van der Waals surface area contributed by atoms with E-state index in [1.807, 2.05) is 71.7 Å². The second kappa shape index (κ2) is 6.53. The van der Waals surface area contributed by atoms with Gasteiger partial charge < -0.3 is 10.4 Å². The van der Waals surface area contributed by atoms with E-state index in [1.165, 1.54) is 0 Å². The molecule has 2 aliphatic heterocycles. The molecular weight excluding hydrogens is 350 g/mol. The molecule has 3 aromatic carbocycles. The standard InChI is InChI=1S/C23H19N3O2/c27-21-13-7-5-11-17(21)20-14-19(15-8-2-1-3-9-15)25-26(20)22-16-10-4-6-12-18(16)24-23(22)28/h1-13,20,22,27H,14H2,(H,24,28)/t20-,22+/m1/s1. The van der Waals surface area contributed by atoms with Crippen molar-refractivity contribution in [1.82, 2.24) is 5.01 Å². The van der Waals surface area contributed by atoms with Crippen LogP contribution in [0, 0.1) is 0 Å². The molecule has 0 bridgehead atoms. The lowest BCUT2D eigenvalue weighted by Gasteiger charge is -2.29. The summed E-state index contributed by atoms with van der Waals surface area (Å²) in [7, 11) is 0. The van der Waals surface area contributed by atoms with Gasteiger partial charge in [-0.2, -0.15) is 5.10 Å². The summed E-state index contributed by atoms with van der Waals surface area (Å²) in [5.74, 6) is 0.119. The number of hydrazone groups is 1. The Hall–Kier alpha value is -3.60. The average Bonchev–Trinajstić information content (AvgIpc) is 3.29. The van der Waals surface area contributed by atoms with E-state index in [0.717, 1.165) is 28.1 Å². The second-order valence-electron chi connectivity index (χ2n) is 7.05. The molecule has 2 N–H and O–H groups in total. The number of carbonyl (C=O) groups is 1. The maximum atomic E-state index is 12.8. The SMILES string of the molecule is O=C1Nc2ccccc2[C@@H]1N1N=C(c2ccccc2)C[C@@H]1c1ccccc1O. The van der Waals surface area contributed by atoms with Crippen molar-refractivity contribution in [1.29, 1.82) is 0 Å². The molecule has 0 fully saturated rings. The lowest BCUT2D eigenvalue weighted by Crippen LogP contribution is -2.30. The Balaban J connectivity index is 1.62. The molecule has 0 aromatic heterocycles. The topological polar surface area (TPSA) is 64.9 Å². The van der Waals surface area contributed by atoms with Gasteiger partial charge in [0.15, 0.2) is 6.04 Å². The summed E-state index contributed by atoms with van der Waals surface area (Å²) in [6.45, 7) is 0. The molecule has 2 heterocycles. The first kappa shape index (κ1) is 16.6. The summed E-state index contributed by atoms with van der Waals surface area (Å²) < 4.78 is 0. The molecule has 28 heavy (non-hydrogen) atoms. The first-order chi connectivity index (χ1) is 13.7. The molecule has 0 aliphatic carbocycles. The number of hydrogen-bond acceptors (Lipinski definition) is 4. The first-order valence-corrected chi connectivity index (χ1v) is 9.31. The molecule has 2 atom stereocenters. The molecule has 5 heteroatoms. The van der Waals surface area contributed by atoms with Gasteiger partial charge in [-0.05, 0) is 17.7 Å². The zero-order chi connectivity index (χ0) is 19.1. The van der Waals surface area contributed by atoms with Crippen molar-refractivity contribution in [3.05, 3.63) is 95.6 Å². The lowest BCUT2D eigenvalue weighted by atomic mass is 9.96. The number of hydrogen-bond donors (Lipinski definition) is 2. The average molecular weight is 369 g/mol. The Morgan fingerprint density at radius 2 is 1.57 bits per heavy atom. The van der Waals surface area contributed by atoms with Crippen LogP contribution in [0.3, 0.4) is 0 Å². The van der Waals surface area contributed by atoms with Crippen LogP contribution in [-0.2, 0) is 4.79 Å². The Bertz CT molecular complexity index is 1080. The van der Waals surface area contributed by atoms with Crippen LogP contribution in [0.15, 0.2) is 84.0 Å².